The minimum atomic E-state index is -0.740. The topological polar surface area (TPSA) is 122 Å². The van der Waals surface area contributed by atoms with E-state index in [2.05, 4.69) is 17.4 Å². The Labute approximate surface area is 193 Å². The van der Waals surface area contributed by atoms with Crippen LogP contribution in [0.4, 0.5) is 4.79 Å². The van der Waals surface area contributed by atoms with Crippen molar-refractivity contribution < 1.29 is 24.2 Å². The molecule has 0 saturated carbocycles. The molecule has 2 aromatic rings. The van der Waals surface area contributed by atoms with Gasteiger partial charge in [-0.05, 0) is 68.9 Å². The minimum absolute atomic E-state index is 0.00806. The monoisotopic (exact) mass is 453 g/mol. The molecule has 1 aliphatic rings. The Hall–Kier alpha value is -3.55. The molecule has 0 radical (unpaired) electrons. The third-order valence-electron chi connectivity index (χ3n) is 5.55. The fraction of sp³-hybridized carbons (Fsp3) is 0.400. The number of carbonyl (C=O) groups excluding carboxylic acids is 3. The van der Waals surface area contributed by atoms with Crippen LogP contribution in [-0.4, -0.2) is 46.6 Å². The number of benzene rings is 2. The van der Waals surface area contributed by atoms with Crippen molar-refractivity contribution >= 4 is 17.9 Å². The predicted octanol–water partition coefficient (Wildman–Crippen LogP) is 3.54. The molecule has 0 atom stereocenters. The molecule has 0 unspecified atom stereocenters. The lowest BCUT2D eigenvalue weighted by molar-refractivity contribution is 0.0523. The van der Waals surface area contributed by atoms with E-state index in [9.17, 15) is 19.5 Å². The molecular formula is C25H31N3O5. The summed E-state index contributed by atoms with van der Waals surface area (Å²) in [6, 6.07) is 12.3. The van der Waals surface area contributed by atoms with Gasteiger partial charge in [-0.2, -0.15) is 0 Å². The van der Waals surface area contributed by atoms with E-state index in [1.807, 2.05) is 32.9 Å². The first-order chi connectivity index (χ1) is 15.5. The lowest BCUT2D eigenvalue weighted by Gasteiger charge is -2.32. The van der Waals surface area contributed by atoms with Gasteiger partial charge >= 0.3 is 6.09 Å². The molecule has 1 saturated heterocycles. The molecule has 8 heteroatoms. The maximum absolute atomic E-state index is 12.8. The number of rotatable bonds is 5. The number of ether oxygens (including phenoxy) is 1. The van der Waals surface area contributed by atoms with Gasteiger partial charge in [-0.1, -0.05) is 24.3 Å². The van der Waals surface area contributed by atoms with Crippen molar-refractivity contribution in [3.8, 4) is 5.75 Å². The molecule has 2 aromatic carbocycles. The standard InChI is InChI=1S/C25H31N3O5/c1-25(2,3)33-24(32)27-15-16-5-4-6-18(13-16)17-9-11-28(12-10-17)23(31)19-7-8-20(22(26)30)21(29)14-19/h4-8,13-14,17,29H,9-12,15H2,1-3H3,(H2,26,30)(H,27,32). The summed E-state index contributed by atoms with van der Waals surface area (Å²) in [5, 5.41) is 12.7. The number of likely N-dealkylation sites (tertiary alicyclic amines) is 1. The molecule has 0 aromatic heterocycles. The van der Waals surface area contributed by atoms with Gasteiger partial charge in [0.1, 0.15) is 11.4 Å². The molecule has 0 aliphatic carbocycles. The zero-order chi connectivity index (χ0) is 24.2. The van der Waals surface area contributed by atoms with Crippen LogP contribution in [0.15, 0.2) is 42.5 Å². The first-order valence-electron chi connectivity index (χ1n) is 11.0. The van der Waals surface area contributed by atoms with Crippen LogP contribution in [0.5, 0.6) is 5.75 Å². The molecule has 3 amide bonds. The van der Waals surface area contributed by atoms with Gasteiger partial charge in [0, 0.05) is 25.2 Å². The summed E-state index contributed by atoms with van der Waals surface area (Å²) in [5.74, 6) is -0.910. The van der Waals surface area contributed by atoms with Crippen molar-refractivity contribution in [2.24, 2.45) is 5.73 Å². The number of hydrogen-bond donors (Lipinski definition) is 3. The number of carbonyl (C=O) groups is 3. The molecule has 1 fully saturated rings. The zero-order valence-corrected chi connectivity index (χ0v) is 19.3. The molecule has 1 heterocycles. The molecule has 8 nitrogen and oxygen atoms in total. The Kier molecular flexibility index (Phi) is 7.26. The Morgan fingerprint density at radius 1 is 1.12 bits per heavy atom. The number of nitrogens with two attached hydrogens (primary N) is 1. The van der Waals surface area contributed by atoms with Crippen molar-refractivity contribution in [2.45, 2.75) is 51.7 Å². The van der Waals surface area contributed by atoms with Crippen molar-refractivity contribution in [3.63, 3.8) is 0 Å². The van der Waals surface area contributed by atoms with E-state index in [-0.39, 0.29) is 17.2 Å². The molecule has 176 valence electrons. The molecule has 0 spiro atoms. The smallest absolute Gasteiger partial charge is 0.407 e. The molecular weight excluding hydrogens is 422 g/mol. The van der Waals surface area contributed by atoms with E-state index < -0.39 is 17.6 Å². The third kappa shape index (κ3) is 6.47. The van der Waals surface area contributed by atoms with Crippen LogP contribution in [0, 0.1) is 0 Å². The summed E-state index contributed by atoms with van der Waals surface area (Å²) >= 11 is 0. The highest BCUT2D eigenvalue weighted by molar-refractivity contribution is 5.99. The maximum Gasteiger partial charge on any atom is 0.407 e. The van der Waals surface area contributed by atoms with Crippen LogP contribution in [0.25, 0.3) is 0 Å². The van der Waals surface area contributed by atoms with Gasteiger partial charge in [-0.15, -0.1) is 0 Å². The van der Waals surface area contributed by atoms with Gasteiger partial charge in [-0.3, -0.25) is 9.59 Å². The summed E-state index contributed by atoms with van der Waals surface area (Å²) < 4.78 is 5.28. The summed E-state index contributed by atoms with van der Waals surface area (Å²) in [4.78, 5) is 37.7. The molecule has 33 heavy (non-hydrogen) atoms. The number of phenols is 1. The molecule has 3 rings (SSSR count). The second-order valence-electron chi connectivity index (χ2n) is 9.26. The van der Waals surface area contributed by atoms with Crippen LogP contribution < -0.4 is 11.1 Å². The number of nitrogens with one attached hydrogen (secondary N) is 1. The quantitative estimate of drug-likeness (QED) is 0.639. The highest BCUT2D eigenvalue weighted by atomic mass is 16.6. The number of piperidine rings is 1. The Balaban J connectivity index is 1.57. The van der Waals surface area contributed by atoms with Gasteiger partial charge < -0.3 is 25.8 Å². The van der Waals surface area contributed by atoms with Crippen molar-refractivity contribution in [1.29, 1.82) is 0 Å². The van der Waals surface area contributed by atoms with E-state index >= 15 is 0 Å². The van der Waals surface area contributed by atoms with Crippen LogP contribution >= 0.6 is 0 Å². The number of amides is 3. The number of aromatic hydroxyl groups is 1. The maximum atomic E-state index is 12.8. The summed E-state index contributed by atoms with van der Waals surface area (Å²) in [5.41, 5.74) is 7.14. The molecule has 0 bridgehead atoms. The first kappa shape index (κ1) is 24.1. The normalized spacial score (nSPS) is 14.6. The Morgan fingerprint density at radius 2 is 1.82 bits per heavy atom. The lowest BCUT2D eigenvalue weighted by Crippen LogP contribution is -2.38. The van der Waals surface area contributed by atoms with E-state index in [0.29, 0.717) is 31.1 Å². The Bertz CT molecular complexity index is 1040. The summed E-state index contributed by atoms with van der Waals surface area (Å²) in [6.07, 6.45) is 1.16. The SMILES string of the molecule is CC(C)(C)OC(=O)NCc1cccc(C2CCN(C(=O)c3ccc(C(N)=O)c(O)c3)CC2)c1. The third-order valence-corrected chi connectivity index (χ3v) is 5.55. The fourth-order valence-corrected chi connectivity index (χ4v) is 3.92. The highest BCUT2D eigenvalue weighted by Crippen LogP contribution is 2.30. The van der Waals surface area contributed by atoms with E-state index in [1.165, 1.54) is 23.8 Å². The van der Waals surface area contributed by atoms with Crippen molar-refractivity contribution in [1.82, 2.24) is 10.2 Å². The zero-order valence-electron chi connectivity index (χ0n) is 19.3. The lowest BCUT2D eigenvalue weighted by atomic mass is 9.88. The van der Waals surface area contributed by atoms with Crippen LogP contribution in [-0.2, 0) is 11.3 Å². The van der Waals surface area contributed by atoms with Crippen molar-refractivity contribution in [3.05, 3.63) is 64.7 Å². The number of primary amides is 1. The minimum Gasteiger partial charge on any atom is -0.507 e. The second-order valence-corrected chi connectivity index (χ2v) is 9.26. The van der Waals surface area contributed by atoms with Gasteiger partial charge in [-0.25, -0.2) is 4.79 Å². The van der Waals surface area contributed by atoms with E-state index in [1.54, 1.807) is 4.90 Å². The highest BCUT2D eigenvalue weighted by Gasteiger charge is 2.25. The number of nitrogens with zero attached hydrogens (tertiary/aromatic N) is 1. The van der Waals surface area contributed by atoms with Gasteiger partial charge in [0.2, 0.25) is 0 Å². The van der Waals surface area contributed by atoms with E-state index in [4.69, 9.17) is 10.5 Å². The first-order valence-corrected chi connectivity index (χ1v) is 11.0. The Morgan fingerprint density at radius 3 is 2.42 bits per heavy atom. The average Bonchev–Trinajstić information content (AvgIpc) is 2.76. The van der Waals surface area contributed by atoms with Crippen LogP contribution in [0.3, 0.4) is 0 Å². The summed E-state index contributed by atoms with van der Waals surface area (Å²) in [6.45, 7) is 7.02. The van der Waals surface area contributed by atoms with Crippen molar-refractivity contribution in [2.75, 3.05) is 13.1 Å². The molecule has 4 N–H and O–H groups in total. The molecule has 1 aliphatic heterocycles. The number of alkyl carbamates (subject to hydrolysis) is 1. The van der Waals surface area contributed by atoms with Gasteiger partial charge in [0.25, 0.3) is 11.8 Å². The summed E-state index contributed by atoms with van der Waals surface area (Å²) in [7, 11) is 0. The second kappa shape index (κ2) is 9.94. The average molecular weight is 454 g/mol. The number of hydrogen-bond acceptors (Lipinski definition) is 5. The van der Waals surface area contributed by atoms with Gasteiger partial charge in [0.05, 0.1) is 5.56 Å². The fourth-order valence-electron chi connectivity index (χ4n) is 3.92. The van der Waals surface area contributed by atoms with Gasteiger partial charge in [0.15, 0.2) is 0 Å². The predicted molar refractivity (Wildman–Crippen MR) is 124 cm³/mol. The van der Waals surface area contributed by atoms with E-state index in [0.717, 1.165) is 18.4 Å². The largest absolute Gasteiger partial charge is 0.507 e. The van der Waals surface area contributed by atoms with Crippen LogP contribution in [0.2, 0.25) is 0 Å². The van der Waals surface area contributed by atoms with Crippen LogP contribution in [0.1, 0.15) is 71.4 Å².